The van der Waals surface area contributed by atoms with Crippen molar-refractivity contribution in [3.05, 3.63) is 0 Å². The molecule has 0 aromatic heterocycles. The van der Waals surface area contributed by atoms with Crippen LogP contribution in [0.4, 0.5) is 0 Å². The SMILES string of the molecule is NCCCCCC(=O)OC[C@H](N)C(=O)O. The third-order valence-electron chi connectivity index (χ3n) is 1.83. The molecule has 0 spiro atoms. The van der Waals surface area contributed by atoms with Crippen LogP contribution in [0.1, 0.15) is 25.7 Å². The van der Waals surface area contributed by atoms with Crippen molar-refractivity contribution < 1.29 is 19.4 Å². The van der Waals surface area contributed by atoms with Crippen LogP contribution in [0.3, 0.4) is 0 Å². The summed E-state index contributed by atoms with van der Waals surface area (Å²) in [5.41, 5.74) is 10.4. The maximum absolute atomic E-state index is 11.0. The van der Waals surface area contributed by atoms with Gasteiger partial charge in [-0.05, 0) is 19.4 Å². The summed E-state index contributed by atoms with van der Waals surface area (Å²) in [6.45, 7) is 0.337. The van der Waals surface area contributed by atoms with Crippen molar-refractivity contribution in [1.29, 1.82) is 0 Å². The second-order valence-corrected chi connectivity index (χ2v) is 3.23. The zero-order chi connectivity index (χ0) is 11.7. The zero-order valence-electron chi connectivity index (χ0n) is 8.65. The summed E-state index contributed by atoms with van der Waals surface area (Å²) in [4.78, 5) is 21.3. The van der Waals surface area contributed by atoms with Crippen molar-refractivity contribution in [2.24, 2.45) is 11.5 Å². The van der Waals surface area contributed by atoms with Gasteiger partial charge in [-0.25, -0.2) is 0 Å². The summed E-state index contributed by atoms with van der Waals surface area (Å²) in [7, 11) is 0. The normalized spacial score (nSPS) is 12.1. The van der Waals surface area contributed by atoms with Crippen molar-refractivity contribution in [3.8, 4) is 0 Å². The number of ether oxygens (including phenoxy) is 1. The predicted molar refractivity (Wildman–Crippen MR) is 54.1 cm³/mol. The van der Waals surface area contributed by atoms with E-state index in [4.69, 9.17) is 16.6 Å². The van der Waals surface area contributed by atoms with Crippen LogP contribution >= 0.6 is 0 Å². The molecule has 0 aromatic rings. The van der Waals surface area contributed by atoms with Crippen LogP contribution in [0.15, 0.2) is 0 Å². The molecule has 0 amide bonds. The second-order valence-electron chi connectivity index (χ2n) is 3.23. The Bertz CT molecular complexity index is 208. The number of aliphatic carboxylic acids is 1. The van der Waals surface area contributed by atoms with Crippen molar-refractivity contribution in [3.63, 3.8) is 0 Å². The summed E-state index contributed by atoms with van der Waals surface area (Å²) in [5.74, 6) is -1.59. The average Bonchev–Trinajstić information content (AvgIpc) is 2.20. The molecule has 15 heavy (non-hydrogen) atoms. The lowest BCUT2D eigenvalue weighted by Crippen LogP contribution is -2.35. The van der Waals surface area contributed by atoms with E-state index in [0.29, 0.717) is 13.0 Å². The molecule has 6 nitrogen and oxygen atoms in total. The number of nitrogens with two attached hydrogens (primary N) is 2. The zero-order valence-corrected chi connectivity index (χ0v) is 8.65. The fraction of sp³-hybridized carbons (Fsp3) is 0.778. The summed E-state index contributed by atoms with van der Waals surface area (Å²) in [6.07, 6.45) is 2.74. The van der Waals surface area contributed by atoms with Crippen LogP contribution in [-0.2, 0) is 14.3 Å². The number of esters is 1. The van der Waals surface area contributed by atoms with Gasteiger partial charge in [0.1, 0.15) is 12.6 Å². The van der Waals surface area contributed by atoms with Crippen LogP contribution in [0.2, 0.25) is 0 Å². The number of rotatable bonds is 8. The van der Waals surface area contributed by atoms with Gasteiger partial charge in [0.15, 0.2) is 0 Å². The maximum Gasteiger partial charge on any atom is 0.324 e. The lowest BCUT2D eigenvalue weighted by atomic mass is 10.2. The number of hydrogen-bond acceptors (Lipinski definition) is 5. The van der Waals surface area contributed by atoms with Gasteiger partial charge in [-0.3, -0.25) is 9.59 Å². The highest BCUT2D eigenvalue weighted by molar-refractivity contribution is 5.74. The predicted octanol–water partition coefficient (Wildman–Crippen LogP) is -0.539. The van der Waals surface area contributed by atoms with Gasteiger partial charge in [0.2, 0.25) is 0 Å². The van der Waals surface area contributed by atoms with Crippen molar-refractivity contribution in [2.75, 3.05) is 13.2 Å². The van der Waals surface area contributed by atoms with Crippen molar-refractivity contribution in [2.45, 2.75) is 31.7 Å². The topological polar surface area (TPSA) is 116 Å². The summed E-state index contributed by atoms with van der Waals surface area (Å²) >= 11 is 0. The van der Waals surface area contributed by atoms with E-state index < -0.39 is 18.0 Å². The molecule has 0 saturated heterocycles. The molecule has 5 N–H and O–H groups in total. The Hall–Kier alpha value is -1.14. The third kappa shape index (κ3) is 7.90. The smallest absolute Gasteiger partial charge is 0.324 e. The lowest BCUT2D eigenvalue weighted by molar-refractivity contribution is -0.147. The minimum absolute atomic E-state index is 0.273. The van der Waals surface area contributed by atoms with Gasteiger partial charge in [-0.2, -0.15) is 0 Å². The number of hydrogen-bond donors (Lipinski definition) is 3. The molecule has 1 atom stereocenters. The Labute approximate surface area is 88.6 Å². The van der Waals surface area contributed by atoms with Gasteiger partial charge in [0, 0.05) is 6.42 Å². The number of carbonyl (C=O) groups is 2. The van der Waals surface area contributed by atoms with Gasteiger partial charge in [0.25, 0.3) is 0 Å². The van der Waals surface area contributed by atoms with Gasteiger partial charge in [-0.15, -0.1) is 0 Å². The molecule has 0 saturated carbocycles. The fourth-order valence-corrected chi connectivity index (χ4v) is 0.917. The molecule has 0 rings (SSSR count). The van der Waals surface area contributed by atoms with E-state index in [2.05, 4.69) is 4.74 Å². The van der Waals surface area contributed by atoms with E-state index in [-0.39, 0.29) is 13.0 Å². The van der Waals surface area contributed by atoms with E-state index in [1.165, 1.54) is 0 Å². The highest BCUT2D eigenvalue weighted by atomic mass is 16.5. The molecule has 0 fully saturated rings. The minimum Gasteiger partial charge on any atom is -0.480 e. The monoisotopic (exact) mass is 218 g/mol. The maximum atomic E-state index is 11.0. The Morgan fingerprint density at radius 2 is 1.93 bits per heavy atom. The summed E-state index contributed by atoms with van der Waals surface area (Å²) < 4.78 is 4.67. The summed E-state index contributed by atoms with van der Waals surface area (Å²) in [5, 5.41) is 8.41. The molecular formula is C9H18N2O4. The van der Waals surface area contributed by atoms with Crippen molar-refractivity contribution >= 4 is 11.9 Å². The Balaban J connectivity index is 3.45. The molecule has 0 aromatic carbocycles. The molecule has 0 aliphatic heterocycles. The molecule has 88 valence electrons. The molecule has 0 aliphatic carbocycles. The third-order valence-corrected chi connectivity index (χ3v) is 1.83. The fourth-order valence-electron chi connectivity index (χ4n) is 0.917. The number of carboxylic acids is 1. The molecule has 0 bridgehead atoms. The minimum atomic E-state index is -1.18. The molecular weight excluding hydrogens is 200 g/mol. The van der Waals surface area contributed by atoms with E-state index in [1.54, 1.807) is 0 Å². The molecule has 0 unspecified atom stereocenters. The largest absolute Gasteiger partial charge is 0.480 e. The molecule has 0 radical (unpaired) electrons. The van der Waals surface area contributed by atoms with E-state index in [9.17, 15) is 9.59 Å². The second kappa shape index (κ2) is 8.19. The Morgan fingerprint density at radius 3 is 2.47 bits per heavy atom. The average molecular weight is 218 g/mol. The molecule has 0 aliphatic rings. The van der Waals surface area contributed by atoms with E-state index in [0.717, 1.165) is 12.8 Å². The first-order valence-corrected chi connectivity index (χ1v) is 4.92. The van der Waals surface area contributed by atoms with E-state index >= 15 is 0 Å². The standard InChI is InChI=1S/C9H18N2O4/c10-5-3-1-2-4-8(12)15-6-7(11)9(13)14/h7H,1-6,10-11H2,(H,13,14)/t7-/m0/s1. The van der Waals surface area contributed by atoms with Crippen LogP contribution in [0, 0.1) is 0 Å². The van der Waals surface area contributed by atoms with Gasteiger partial charge >= 0.3 is 11.9 Å². The number of carboxylic acid groups (broad SMARTS) is 1. The first-order valence-electron chi connectivity index (χ1n) is 4.92. The van der Waals surface area contributed by atoms with Crippen LogP contribution < -0.4 is 11.5 Å². The van der Waals surface area contributed by atoms with Crippen LogP contribution in [0.25, 0.3) is 0 Å². The van der Waals surface area contributed by atoms with E-state index in [1.807, 2.05) is 0 Å². The molecule has 6 heteroatoms. The van der Waals surface area contributed by atoms with Crippen LogP contribution in [-0.4, -0.2) is 36.2 Å². The highest BCUT2D eigenvalue weighted by Crippen LogP contribution is 2.00. The van der Waals surface area contributed by atoms with Gasteiger partial charge in [-0.1, -0.05) is 6.42 Å². The quantitative estimate of drug-likeness (QED) is 0.372. The number of carbonyl (C=O) groups excluding carboxylic acids is 1. The Morgan fingerprint density at radius 1 is 1.27 bits per heavy atom. The van der Waals surface area contributed by atoms with Gasteiger partial charge < -0.3 is 21.3 Å². The highest BCUT2D eigenvalue weighted by Gasteiger charge is 2.13. The Kier molecular flexibility index (Phi) is 7.57. The first-order chi connectivity index (χ1) is 7.07. The van der Waals surface area contributed by atoms with Crippen molar-refractivity contribution in [1.82, 2.24) is 0 Å². The first kappa shape index (κ1) is 13.9. The van der Waals surface area contributed by atoms with Crippen LogP contribution in [0.5, 0.6) is 0 Å². The lowest BCUT2D eigenvalue weighted by Gasteiger charge is -2.07. The number of unbranched alkanes of at least 4 members (excludes halogenated alkanes) is 2. The molecule has 0 heterocycles. The summed E-state index contributed by atoms with van der Waals surface area (Å²) in [6, 6.07) is -1.14. The van der Waals surface area contributed by atoms with Gasteiger partial charge in [0.05, 0.1) is 0 Å².